The molecule has 0 aliphatic rings. The number of hydrogen-bond donors (Lipinski definition) is 1. The lowest BCUT2D eigenvalue weighted by Crippen LogP contribution is -1.97. The smallest absolute Gasteiger partial charge is 0.211 e. The minimum Gasteiger partial charge on any atom is -0.328 e. The van der Waals surface area contributed by atoms with Crippen LogP contribution in [-0.2, 0) is 4.79 Å². The molecule has 3 rings (SSSR count). The largest absolute Gasteiger partial charge is 0.328 e. The number of nitrogens with one attached hydrogen (secondary N) is 1. The monoisotopic (exact) mass is 266 g/mol. The Bertz CT molecular complexity index is 774. The molecule has 5 heteroatoms. The molecule has 1 amide bonds. The molecule has 20 heavy (non-hydrogen) atoms. The van der Waals surface area contributed by atoms with Crippen LogP contribution in [0.4, 0.5) is 5.69 Å². The summed E-state index contributed by atoms with van der Waals surface area (Å²) >= 11 is 0. The maximum absolute atomic E-state index is 10.6. The summed E-state index contributed by atoms with van der Waals surface area (Å²) in [5.41, 5.74) is 5.37. The van der Waals surface area contributed by atoms with E-state index in [2.05, 4.69) is 15.5 Å². The second kappa shape index (κ2) is 4.77. The zero-order chi connectivity index (χ0) is 14.1. The minimum atomic E-state index is 0.665. The van der Waals surface area contributed by atoms with Crippen molar-refractivity contribution in [2.24, 2.45) is 0 Å². The molecular weight excluding hydrogens is 252 g/mol. The Morgan fingerprint density at radius 1 is 1.05 bits per heavy atom. The third kappa shape index (κ3) is 2.14. The minimum absolute atomic E-state index is 0.665. The standard InChI is InChI=1S/C15H14N4O/c1-10-3-5-12(6-4-10)19-17-14-7-11(2)13(16-9-20)8-15(14)18-19/h3-9H,1-2H3,(H,16,20). The molecule has 0 fully saturated rings. The van der Waals surface area contributed by atoms with Crippen LogP contribution in [0.15, 0.2) is 36.4 Å². The molecule has 0 saturated carbocycles. The van der Waals surface area contributed by atoms with E-state index in [1.807, 2.05) is 50.2 Å². The first kappa shape index (κ1) is 12.3. The van der Waals surface area contributed by atoms with Crippen LogP contribution in [0, 0.1) is 13.8 Å². The van der Waals surface area contributed by atoms with Gasteiger partial charge in [-0.2, -0.15) is 4.80 Å². The summed E-state index contributed by atoms with van der Waals surface area (Å²) in [4.78, 5) is 12.2. The molecule has 0 unspecified atom stereocenters. The highest BCUT2D eigenvalue weighted by Gasteiger charge is 2.08. The summed E-state index contributed by atoms with van der Waals surface area (Å²) < 4.78 is 0. The summed E-state index contributed by atoms with van der Waals surface area (Å²) in [5, 5.41) is 11.6. The molecule has 0 radical (unpaired) electrons. The molecule has 0 atom stereocenters. The first-order chi connectivity index (χ1) is 9.67. The van der Waals surface area contributed by atoms with E-state index >= 15 is 0 Å². The predicted molar refractivity (Wildman–Crippen MR) is 78.0 cm³/mol. The number of nitrogens with zero attached hydrogens (tertiary/aromatic N) is 3. The van der Waals surface area contributed by atoms with Gasteiger partial charge in [0.2, 0.25) is 6.41 Å². The van der Waals surface area contributed by atoms with Crippen LogP contribution in [0.25, 0.3) is 16.7 Å². The lowest BCUT2D eigenvalue weighted by molar-refractivity contribution is -0.105. The maximum Gasteiger partial charge on any atom is 0.211 e. The van der Waals surface area contributed by atoms with Crippen molar-refractivity contribution in [2.75, 3.05) is 5.32 Å². The van der Waals surface area contributed by atoms with Crippen LogP contribution in [0.1, 0.15) is 11.1 Å². The number of carbonyl (C=O) groups excluding carboxylic acids is 1. The van der Waals surface area contributed by atoms with Gasteiger partial charge < -0.3 is 5.32 Å². The van der Waals surface area contributed by atoms with Crippen molar-refractivity contribution in [2.45, 2.75) is 13.8 Å². The van der Waals surface area contributed by atoms with Gasteiger partial charge >= 0.3 is 0 Å². The zero-order valence-corrected chi connectivity index (χ0v) is 11.3. The van der Waals surface area contributed by atoms with Gasteiger partial charge in [0.05, 0.1) is 5.69 Å². The molecule has 1 N–H and O–H groups in total. The van der Waals surface area contributed by atoms with Gasteiger partial charge in [0.15, 0.2) is 0 Å². The molecule has 0 saturated heterocycles. The van der Waals surface area contributed by atoms with Gasteiger partial charge in [0, 0.05) is 5.69 Å². The lowest BCUT2D eigenvalue weighted by Gasteiger charge is -2.01. The summed E-state index contributed by atoms with van der Waals surface area (Å²) in [6.07, 6.45) is 0.665. The molecule has 5 nitrogen and oxygen atoms in total. The Balaban J connectivity index is 2.10. The van der Waals surface area contributed by atoms with E-state index < -0.39 is 0 Å². The molecule has 1 heterocycles. The molecule has 1 aromatic heterocycles. The number of fused-ring (bicyclic) bond motifs is 1. The number of rotatable bonds is 3. The fourth-order valence-electron chi connectivity index (χ4n) is 2.08. The normalized spacial score (nSPS) is 10.7. The SMILES string of the molecule is Cc1ccc(-n2nc3cc(C)c(NC=O)cc3n2)cc1. The van der Waals surface area contributed by atoms with E-state index in [1.54, 1.807) is 4.80 Å². The van der Waals surface area contributed by atoms with Crippen molar-refractivity contribution >= 4 is 23.1 Å². The van der Waals surface area contributed by atoms with E-state index in [0.717, 1.165) is 28.0 Å². The van der Waals surface area contributed by atoms with Crippen molar-refractivity contribution in [3.8, 4) is 5.69 Å². The summed E-state index contributed by atoms with van der Waals surface area (Å²) in [6.45, 7) is 3.97. The quantitative estimate of drug-likeness (QED) is 0.741. The first-order valence-corrected chi connectivity index (χ1v) is 6.32. The number of anilines is 1. The zero-order valence-electron chi connectivity index (χ0n) is 11.3. The third-order valence-electron chi connectivity index (χ3n) is 3.21. The summed E-state index contributed by atoms with van der Waals surface area (Å²) in [6, 6.07) is 11.7. The number of hydrogen-bond acceptors (Lipinski definition) is 3. The molecule has 2 aromatic carbocycles. The number of benzene rings is 2. The van der Waals surface area contributed by atoms with E-state index in [4.69, 9.17) is 0 Å². The van der Waals surface area contributed by atoms with Crippen LogP contribution in [0.2, 0.25) is 0 Å². The average Bonchev–Trinajstić information content (AvgIpc) is 2.83. The molecule has 100 valence electrons. The molecule has 0 bridgehead atoms. The van der Waals surface area contributed by atoms with Gasteiger partial charge in [-0.3, -0.25) is 4.79 Å². The number of amides is 1. The number of aromatic nitrogens is 3. The van der Waals surface area contributed by atoms with Crippen LogP contribution in [0.5, 0.6) is 0 Å². The van der Waals surface area contributed by atoms with Crippen molar-refractivity contribution in [1.82, 2.24) is 15.0 Å². The molecule has 3 aromatic rings. The van der Waals surface area contributed by atoms with E-state index in [9.17, 15) is 4.79 Å². The van der Waals surface area contributed by atoms with Crippen LogP contribution in [-0.4, -0.2) is 21.4 Å². The van der Waals surface area contributed by atoms with Crippen molar-refractivity contribution in [3.63, 3.8) is 0 Å². The van der Waals surface area contributed by atoms with Gasteiger partial charge in [-0.25, -0.2) is 0 Å². The molecule has 0 aliphatic carbocycles. The van der Waals surface area contributed by atoms with Crippen molar-refractivity contribution in [3.05, 3.63) is 47.5 Å². The maximum atomic E-state index is 10.6. The van der Waals surface area contributed by atoms with Crippen LogP contribution >= 0.6 is 0 Å². The van der Waals surface area contributed by atoms with Crippen LogP contribution < -0.4 is 5.32 Å². The predicted octanol–water partition coefficient (Wildman–Crippen LogP) is 2.61. The highest BCUT2D eigenvalue weighted by Crippen LogP contribution is 2.21. The highest BCUT2D eigenvalue weighted by atomic mass is 16.1. The van der Waals surface area contributed by atoms with Gasteiger partial charge in [0.1, 0.15) is 11.0 Å². The number of carbonyl (C=O) groups is 1. The molecular formula is C15H14N4O. The third-order valence-corrected chi connectivity index (χ3v) is 3.21. The highest BCUT2D eigenvalue weighted by molar-refractivity contribution is 5.84. The van der Waals surface area contributed by atoms with Crippen LogP contribution in [0.3, 0.4) is 0 Å². The van der Waals surface area contributed by atoms with E-state index in [-0.39, 0.29) is 0 Å². The van der Waals surface area contributed by atoms with Crippen molar-refractivity contribution in [1.29, 1.82) is 0 Å². The topological polar surface area (TPSA) is 59.8 Å². The Labute approximate surface area is 116 Å². The Morgan fingerprint density at radius 2 is 1.70 bits per heavy atom. The van der Waals surface area contributed by atoms with Gasteiger partial charge in [-0.15, -0.1) is 10.2 Å². The van der Waals surface area contributed by atoms with E-state index in [0.29, 0.717) is 6.41 Å². The first-order valence-electron chi connectivity index (χ1n) is 6.32. The summed E-state index contributed by atoms with van der Waals surface area (Å²) in [7, 11) is 0. The average molecular weight is 266 g/mol. The fraction of sp³-hybridized carbons (Fsp3) is 0.133. The second-order valence-corrected chi connectivity index (χ2v) is 4.74. The van der Waals surface area contributed by atoms with E-state index in [1.165, 1.54) is 5.56 Å². The molecule has 0 spiro atoms. The Kier molecular flexibility index (Phi) is 2.95. The Morgan fingerprint density at radius 3 is 2.35 bits per heavy atom. The van der Waals surface area contributed by atoms with Gasteiger partial charge in [0.25, 0.3) is 0 Å². The van der Waals surface area contributed by atoms with Gasteiger partial charge in [-0.1, -0.05) is 17.7 Å². The fourth-order valence-corrected chi connectivity index (χ4v) is 2.08. The molecule has 0 aliphatic heterocycles. The second-order valence-electron chi connectivity index (χ2n) is 4.74. The van der Waals surface area contributed by atoms with Crippen molar-refractivity contribution < 1.29 is 4.79 Å². The Hall–Kier alpha value is -2.69. The lowest BCUT2D eigenvalue weighted by atomic mass is 10.2. The van der Waals surface area contributed by atoms with Gasteiger partial charge in [-0.05, 0) is 43.7 Å². The number of aryl methyl sites for hydroxylation is 2. The summed E-state index contributed by atoms with van der Waals surface area (Å²) in [5.74, 6) is 0.